The van der Waals surface area contributed by atoms with E-state index in [1.54, 1.807) is 49.4 Å². The Hall–Kier alpha value is -2.90. The average Bonchev–Trinajstić information content (AvgIpc) is 2.67. The Labute approximate surface area is 157 Å². The van der Waals surface area contributed by atoms with E-state index in [-0.39, 0.29) is 18.8 Å². The molecule has 2 rings (SSSR count). The Morgan fingerprint density at radius 3 is 2.33 bits per heavy atom. The molecule has 2 amide bonds. The lowest BCUT2D eigenvalue weighted by atomic mass is 10.0. The molecule has 0 unspecified atom stereocenters. The molecular formula is C20H23NO6. The van der Waals surface area contributed by atoms with Crippen molar-refractivity contribution >= 4 is 12.0 Å². The summed E-state index contributed by atoms with van der Waals surface area (Å²) in [5.41, 5.74) is 0.898. The van der Waals surface area contributed by atoms with Gasteiger partial charge < -0.3 is 19.7 Å². The number of rotatable bonds is 8. The van der Waals surface area contributed by atoms with E-state index in [1.165, 1.54) is 12.1 Å². The molecule has 0 aliphatic rings. The summed E-state index contributed by atoms with van der Waals surface area (Å²) in [5, 5.41) is 21.0. The fourth-order valence-corrected chi connectivity index (χ4v) is 2.59. The summed E-state index contributed by atoms with van der Waals surface area (Å²) < 4.78 is 11.1. The van der Waals surface area contributed by atoms with Gasteiger partial charge in [0, 0.05) is 25.2 Å². The average molecular weight is 373 g/mol. The first kappa shape index (κ1) is 20.4. The topological polar surface area (TPSA) is 105 Å². The molecule has 7 nitrogen and oxygen atoms in total. The van der Waals surface area contributed by atoms with Crippen LogP contribution in [-0.4, -0.2) is 41.5 Å². The minimum atomic E-state index is -0.926. The van der Waals surface area contributed by atoms with Crippen molar-refractivity contribution in [1.29, 1.82) is 0 Å². The number of phenols is 1. The molecule has 0 spiro atoms. The van der Waals surface area contributed by atoms with E-state index in [2.05, 4.69) is 5.32 Å². The minimum Gasteiger partial charge on any atom is -0.508 e. The summed E-state index contributed by atoms with van der Waals surface area (Å²) >= 11 is 0. The first-order valence-corrected chi connectivity index (χ1v) is 8.63. The molecule has 0 saturated heterocycles. The number of phenolic OH excluding ortho intramolecular Hbond substituents is 1. The van der Waals surface area contributed by atoms with Crippen molar-refractivity contribution in [2.75, 3.05) is 13.2 Å². The molecule has 0 aromatic heterocycles. The number of imide groups is 1. The van der Waals surface area contributed by atoms with E-state index >= 15 is 0 Å². The molecule has 2 aromatic rings. The Balaban J connectivity index is 2.15. The van der Waals surface area contributed by atoms with Crippen molar-refractivity contribution in [3.8, 4) is 5.75 Å². The summed E-state index contributed by atoms with van der Waals surface area (Å²) in [6, 6.07) is 14.4. The van der Waals surface area contributed by atoms with Crippen molar-refractivity contribution in [3.05, 3.63) is 65.7 Å². The second-order valence-electron chi connectivity index (χ2n) is 5.74. The molecule has 0 heterocycles. The fourth-order valence-electron chi connectivity index (χ4n) is 2.59. The number of carbonyl (C=O) groups is 2. The van der Waals surface area contributed by atoms with Crippen molar-refractivity contribution in [1.82, 2.24) is 5.32 Å². The van der Waals surface area contributed by atoms with Crippen LogP contribution in [0.15, 0.2) is 54.6 Å². The zero-order chi connectivity index (χ0) is 19.6. The highest BCUT2D eigenvalue weighted by Crippen LogP contribution is 2.27. The summed E-state index contributed by atoms with van der Waals surface area (Å²) in [5.74, 6) is -0.517. The van der Waals surface area contributed by atoms with Crippen LogP contribution in [0.1, 0.15) is 35.4 Å². The molecule has 7 heteroatoms. The van der Waals surface area contributed by atoms with Crippen LogP contribution in [0.4, 0.5) is 4.79 Å². The molecule has 3 N–H and O–H groups in total. The third kappa shape index (κ3) is 6.09. The van der Waals surface area contributed by atoms with Crippen LogP contribution in [-0.2, 0) is 9.47 Å². The number of aromatic hydroxyl groups is 1. The number of nitrogens with one attached hydrogen (secondary N) is 1. The second-order valence-corrected chi connectivity index (χ2v) is 5.74. The molecule has 144 valence electrons. The second kappa shape index (κ2) is 10.3. The van der Waals surface area contributed by atoms with Crippen LogP contribution < -0.4 is 5.32 Å². The van der Waals surface area contributed by atoms with Crippen LogP contribution in [0.2, 0.25) is 0 Å². The summed E-state index contributed by atoms with van der Waals surface area (Å²) in [7, 11) is 0. The Morgan fingerprint density at radius 2 is 1.74 bits per heavy atom. The Kier molecular flexibility index (Phi) is 7.79. The van der Waals surface area contributed by atoms with E-state index in [4.69, 9.17) is 9.47 Å². The number of aliphatic hydroxyl groups is 1. The van der Waals surface area contributed by atoms with Gasteiger partial charge in [0.05, 0.1) is 0 Å². The maximum Gasteiger partial charge on any atom is 0.414 e. The van der Waals surface area contributed by atoms with Gasteiger partial charge in [-0.05, 0) is 36.8 Å². The van der Waals surface area contributed by atoms with E-state index in [0.29, 0.717) is 17.7 Å². The van der Waals surface area contributed by atoms with Crippen LogP contribution in [0.25, 0.3) is 0 Å². The Bertz CT molecular complexity index is 726. The van der Waals surface area contributed by atoms with Crippen LogP contribution in [0, 0.1) is 0 Å². The van der Waals surface area contributed by atoms with E-state index < -0.39 is 24.2 Å². The summed E-state index contributed by atoms with van der Waals surface area (Å²) in [6.07, 6.45) is -2.16. The molecule has 2 atom stereocenters. The van der Waals surface area contributed by atoms with Gasteiger partial charge in [-0.15, -0.1) is 0 Å². The van der Waals surface area contributed by atoms with Crippen LogP contribution in [0.3, 0.4) is 0 Å². The summed E-state index contributed by atoms with van der Waals surface area (Å²) in [6.45, 7) is 1.98. The van der Waals surface area contributed by atoms with Gasteiger partial charge in [0.25, 0.3) is 5.91 Å². The smallest absolute Gasteiger partial charge is 0.414 e. The molecule has 27 heavy (non-hydrogen) atoms. The van der Waals surface area contributed by atoms with Gasteiger partial charge >= 0.3 is 6.09 Å². The van der Waals surface area contributed by atoms with Gasteiger partial charge in [-0.2, -0.15) is 0 Å². The van der Waals surface area contributed by atoms with Crippen molar-refractivity contribution in [3.63, 3.8) is 0 Å². The number of carbonyl (C=O) groups excluding carboxylic acids is 2. The highest BCUT2D eigenvalue weighted by molar-refractivity contribution is 6.02. The van der Waals surface area contributed by atoms with Gasteiger partial charge in [-0.1, -0.05) is 30.3 Å². The lowest BCUT2D eigenvalue weighted by molar-refractivity contribution is -0.0509. The lowest BCUT2D eigenvalue weighted by Crippen LogP contribution is -2.35. The predicted molar refractivity (Wildman–Crippen MR) is 98.4 cm³/mol. The number of hydrogen-bond donors (Lipinski definition) is 3. The normalized spacial score (nSPS) is 12.8. The standard InChI is InChI=1S/C20H23NO6/c1-2-26-17(12-13-22)18(14-8-10-16(23)11-9-14)27-20(25)21-19(24)15-6-4-3-5-7-15/h3-11,17-18,22-23H,2,12-13H2,1H3,(H,21,24,25)/t17-,18-/m1/s1. The Morgan fingerprint density at radius 1 is 1.07 bits per heavy atom. The van der Waals surface area contributed by atoms with E-state index in [0.717, 1.165) is 0 Å². The van der Waals surface area contributed by atoms with Crippen LogP contribution >= 0.6 is 0 Å². The monoisotopic (exact) mass is 373 g/mol. The zero-order valence-electron chi connectivity index (χ0n) is 15.0. The zero-order valence-corrected chi connectivity index (χ0v) is 15.0. The number of amides is 2. The van der Waals surface area contributed by atoms with Crippen molar-refractivity contribution in [2.45, 2.75) is 25.6 Å². The van der Waals surface area contributed by atoms with Gasteiger partial charge in [-0.3, -0.25) is 10.1 Å². The maximum absolute atomic E-state index is 12.3. The first-order chi connectivity index (χ1) is 13.0. The van der Waals surface area contributed by atoms with Crippen LogP contribution in [0.5, 0.6) is 5.75 Å². The first-order valence-electron chi connectivity index (χ1n) is 8.63. The van der Waals surface area contributed by atoms with Gasteiger partial charge in [0.15, 0.2) is 6.10 Å². The maximum atomic E-state index is 12.3. The third-order valence-corrected chi connectivity index (χ3v) is 3.84. The van der Waals surface area contributed by atoms with E-state index in [1.807, 2.05) is 0 Å². The number of alkyl carbamates (subject to hydrolysis) is 1. The quantitative estimate of drug-likeness (QED) is 0.657. The molecule has 0 aliphatic carbocycles. The molecule has 2 aromatic carbocycles. The van der Waals surface area contributed by atoms with Gasteiger partial charge in [-0.25, -0.2) is 4.79 Å². The highest BCUT2D eigenvalue weighted by atomic mass is 16.6. The molecular weight excluding hydrogens is 350 g/mol. The fraction of sp³-hybridized carbons (Fsp3) is 0.300. The highest BCUT2D eigenvalue weighted by Gasteiger charge is 2.28. The summed E-state index contributed by atoms with van der Waals surface area (Å²) in [4.78, 5) is 24.4. The predicted octanol–water partition coefficient (Wildman–Crippen LogP) is 2.79. The molecule has 0 radical (unpaired) electrons. The van der Waals surface area contributed by atoms with E-state index in [9.17, 15) is 19.8 Å². The largest absolute Gasteiger partial charge is 0.508 e. The molecule has 0 bridgehead atoms. The van der Waals surface area contributed by atoms with Gasteiger partial charge in [0.1, 0.15) is 11.9 Å². The molecule has 0 aliphatic heterocycles. The lowest BCUT2D eigenvalue weighted by Gasteiger charge is -2.27. The van der Waals surface area contributed by atoms with Gasteiger partial charge in [0.2, 0.25) is 0 Å². The SMILES string of the molecule is CCO[C@H](CCO)[C@H](OC(=O)NC(=O)c1ccccc1)c1ccc(O)cc1. The van der Waals surface area contributed by atoms with Crippen molar-refractivity contribution in [2.24, 2.45) is 0 Å². The van der Waals surface area contributed by atoms with Crippen molar-refractivity contribution < 1.29 is 29.3 Å². The molecule has 0 saturated carbocycles. The minimum absolute atomic E-state index is 0.0660. The number of aliphatic hydroxyl groups excluding tert-OH is 1. The number of hydrogen-bond acceptors (Lipinski definition) is 6. The number of ether oxygens (including phenoxy) is 2. The number of benzene rings is 2. The third-order valence-electron chi connectivity index (χ3n) is 3.84. The molecule has 0 fully saturated rings.